The van der Waals surface area contributed by atoms with Crippen LogP contribution in [0.15, 0.2) is 0 Å². The minimum Gasteiger partial charge on any atom is -0.394 e. The Morgan fingerprint density at radius 2 is 1.04 bits per heavy atom. The maximum atomic E-state index is 9.95. The van der Waals surface area contributed by atoms with Gasteiger partial charge in [-0.1, -0.05) is 84.0 Å². The van der Waals surface area contributed by atoms with Crippen molar-refractivity contribution < 1.29 is 25.5 Å². The summed E-state index contributed by atoms with van der Waals surface area (Å²) in [6.07, 6.45) is 9.49. The van der Waals surface area contributed by atoms with Gasteiger partial charge in [-0.25, -0.2) is 0 Å². The predicted molar refractivity (Wildman–Crippen MR) is 105 cm³/mol. The Labute approximate surface area is 159 Å². The first-order valence-electron chi connectivity index (χ1n) is 10.5. The number of hydrogen-bond donors (Lipinski definition) is 6. The normalized spacial score (nSPS) is 17.7. The Morgan fingerprint density at radius 1 is 0.615 bits per heavy atom. The van der Waals surface area contributed by atoms with Gasteiger partial charge in [-0.2, -0.15) is 0 Å². The standard InChI is InChI=1S/C20H43NO5/c1-2-3-4-5-6-7-8-9-10-11-12-13-14-16(21)18(24)20(26)19(25)17(23)15-22/h16-20,22-26H,2-15,21H2,1H3/t16?,17-,18+,19-,20-/m1/s1. The SMILES string of the molecule is CCCCCCCCCCCCCCC(N)[C@H](O)[C@@H](O)[C@H](O)[C@H](O)CO. The topological polar surface area (TPSA) is 127 Å². The molecule has 0 spiro atoms. The molecule has 7 N–H and O–H groups in total. The fourth-order valence-corrected chi connectivity index (χ4v) is 3.18. The lowest BCUT2D eigenvalue weighted by Gasteiger charge is -2.29. The summed E-state index contributed by atoms with van der Waals surface area (Å²) in [7, 11) is 0. The number of hydrogen-bond acceptors (Lipinski definition) is 6. The lowest BCUT2D eigenvalue weighted by Crippen LogP contribution is -2.52. The quantitative estimate of drug-likeness (QED) is 0.202. The zero-order chi connectivity index (χ0) is 19.8. The van der Waals surface area contributed by atoms with E-state index in [1.807, 2.05) is 0 Å². The first-order valence-corrected chi connectivity index (χ1v) is 10.5. The zero-order valence-electron chi connectivity index (χ0n) is 16.6. The molecular weight excluding hydrogens is 334 g/mol. The molecule has 0 heterocycles. The fourth-order valence-electron chi connectivity index (χ4n) is 3.18. The molecule has 1 unspecified atom stereocenters. The lowest BCUT2D eigenvalue weighted by molar-refractivity contribution is -0.120. The van der Waals surface area contributed by atoms with Gasteiger partial charge in [0.25, 0.3) is 0 Å². The highest BCUT2D eigenvalue weighted by atomic mass is 16.4. The van der Waals surface area contributed by atoms with Gasteiger partial charge in [0.05, 0.1) is 12.7 Å². The van der Waals surface area contributed by atoms with Crippen molar-refractivity contribution in [3.63, 3.8) is 0 Å². The van der Waals surface area contributed by atoms with Crippen LogP contribution >= 0.6 is 0 Å². The van der Waals surface area contributed by atoms with Crippen molar-refractivity contribution in [2.24, 2.45) is 5.73 Å². The molecule has 0 aliphatic carbocycles. The molecule has 0 radical (unpaired) electrons. The highest BCUT2D eigenvalue weighted by Crippen LogP contribution is 2.15. The molecule has 0 saturated carbocycles. The van der Waals surface area contributed by atoms with Crippen LogP contribution in [0.2, 0.25) is 0 Å². The summed E-state index contributed by atoms with van der Waals surface area (Å²) in [5.74, 6) is 0. The van der Waals surface area contributed by atoms with E-state index < -0.39 is 37.1 Å². The van der Waals surface area contributed by atoms with Crippen molar-refractivity contribution >= 4 is 0 Å². The molecule has 26 heavy (non-hydrogen) atoms. The third-order valence-electron chi connectivity index (χ3n) is 5.11. The monoisotopic (exact) mass is 377 g/mol. The zero-order valence-corrected chi connectivity index (χ0v) is 16.6. The first kappa shape index (κ1) is 25.8. The van der Waals surface area contributed by atoms with Crippen LogP contribution in [0.4, 0.5) is 0 Å². The second kappa shape index (κ2) is 16.9. The summed E-state index contributed by atoms with van der Waals surface area (Å²) in [4.78, 5) is 0. The van der Waals surface area contributed by atoms with Crippen molar-refractivity contribution in [3.05, 3.63) is 0 Å². The molecule has 0 aliphatic rings. The molecule has 6 heteroatoms. The highest BCUT2D eigenvalue weighted by Gasteiger charge is 2.32. The summed E-state index contributed by atoms with van der Waals surface area (Å²) in [5.41, 5.74) is 5.86. The van der Waals surface area contributed by atoms with Gasteiger partial charge in [0.1, 0.15) is 18.3 Å². The maximum absolute atomic E-state index is 9.95. The highest BCUT2D eigenvalue weighted by molar-refractivity contribution is 4.86. The first-order chi connectivity index (χ1) is 12.5. The van der Waals surface area contributed by atoms with Crippen LogP contribution < -0.4 is 5.73 Å². The molecule has 0 fully saturated rings. The molecule has 158 valence electrons. The number of aliphatic hydroxyl groups is 5. The largest absolute Gasteiger partial charge is 0.394 e. The lowest BCUT2D eigenvalue weighted by atomic mass is 9.94. The number of aliphatic hydroxyl groups excluding tert-OH is 5. The molecule has 0 aromatic heterocycles. The van der Waals surface area contributed by atoms with Crippen LogP contribution in [0.25, 0.3) is 0 Å². The van der Waals surface area contributed by atoms with Crippen molar-refractivity contribution in [3.8, 4) is 0 Å². The van der Waals surface area contributed by atoms with Crippen LogP contribution in [-0.2, 0) is 0 Å². The van der Waals surface area contributed by atoms with Gasteiger partial charge < -0.3 is 31.3 Å². The van der Waals surface area contributed by atoms with E-state index in [1.54, 1.807) is 0 Å². The molecular formula is C20H43NO5. The van der Waals surface area contributed by atoms with Crippen molar-refractivity contribution in [2.75, 3.05) is 6.61 Å². The minimum absolute atomic E-state index is 0.553. The molecule has 0 saturated heterocycles. The van der Waals surface area contributed by atoms with E-state index in [0.29, 0.717) is 6.42 Å². The summed E-state index contributed by atoms with van der Waals surface area (Å²) >= 11 is 0. The van der Waals surface area contributed by atoms with Gasteiger partial charge in [0.15, 0.2) is 0 Å². The number of rotatable bonds is 18. The second-order valence-corrected chi connectivity index (χ2v) is 7.56. The Hall–Kier alpha value is -0.240. The van der Waals surface area contributed by atoms with Crippen LogP contribution in [0.3, 0.4) is 0 Å². The molecule has 0 aromatic rings. The van der Waals surface area contributed by atoms with Gasteiger partial charge in [-0.05, 0) is 6.42 Å². The van der Waals surface area contributed by atoms with E-state index in [-0.39, 0.29) is 0 Å². The molecule has 0 rings (SSSR count). The molecule has 0 amide bonds. The maximum Gasteiger partial charge on any atom is 0.111 e. The summed E-state index contributed by atoms with van der Waals surface area (Å²) in [6, 6.07) is -0.659. The van der Waals surface area contributed by atoms with E-state index in [2.05, 4.69) is 6.92 Å². The van der Waals surface area contributed by atoms with Gasteiger partial charge in [0.2, 0.25) is 0 Å². The summed E-state index contributed by atoms with van der Waals surface area (Å²) in [5, 5.41) is 47.4. The van der Waals surface area contributed by atoms with E-state index in [9.17, 15) is 20.4 Å². The molecule has 0 bridgehead atoms. The third-order valence-corrected chi connectivity index (χ3v) is 5.11. The fraction of sp³-hybridized carbons (Fsp3) is 1.00. The van der Waals surface area contributed by atoms with E-state index >= 15 is 0 Å². The van der Waals surface area contributed by atoms with E-state index in [1.165, 1.54) is 57.8 Å². The Morgan fingerprint density at radius 3 is 1.46 bits per heavy atom. The van der Waals surface area contributed by atoms with Crippen molar-refractivity contribution in [2.45, 2.75) is 121 Å². The summed E-state index contributed by atoms with van der Waals surface area (Å²) in [6.45, 7) is 1.56. The minimum atomic E-state index is -1.61. The van der Waals surface area contributed by atoms with Crippen LogP contribution in [-0.4, -0.2) is 62.6 Å². The Balaban J connectivity index is 3.60. The van der Waals surface area contributed by atoms with Crippen molar-refractivity contribution in [1.82, 2.24) is 0 Å². The molecule has 5 atom stereocenters. The average Bonchev–Trinajstić information content (AvgIpc) is 2.66. The van der Waals surface area contributed by atoms with Crippen LogP contribution in [0, 0.1) is 0 Å². The van der Waals surface area contributed by atoms with Crippen molar-refractivity contribution in [1.29, 1.82) is 0 Å². The molecule has 6 nitrogen and oxygen atoms in total. The van der Waals surface area contributed by atoms with Gasteiger partial charge in [0, 0.05) is 6.04 Å². The smallest absolute Gasteiger partial charge is 0.111 e. The molecule has 0 aliphatic heterocycles. The van der Waals surface area contributed by atoms with Crippen LogP contribution in [0.1, 0.15) is 90.4 Å². The van der Waals surface area contributed by atoms with Crippen LogP contribution in [0.5, 0.6) is 0 Å². The predicted octanol–water partition coefficient (Wildman–Crippen LogP) is 1.84. The Bertz CT molecular complexity index is 306. The number of nitrogens with two attached hydrogens (primary N) is 1. The number of unbranched alkanes of at least 4 members (excludes halogenated alkanes) is 11. The third kappa shape index (κ3) is 12.2. The van der Waals surface area contributed by atoms with Gasteiger partial charge >= 0.3 is 0 Å². The second-order valence-electron chi connectivity index (χ2n) is 7.56. The van der Waals surface area contributed by atoms with E-state index in [4.69, 9.17) is 10.8 Å². The van der Waals surface area contributed by atoms with E-state index in [0.717, 1.165) is 19.3 Å². The average molecular weight is 378 g/mol. The van der Waals surface area contributed by atoms with Gasteiger partial charge in [-0.3, -0.25) is 0 Å². The van der Waals surface area contributed by atoms with Gasteiger partial charge in [-0.15, -0.1) is 0 Å². The Kier molecular flexibility index (Phi) is 16.7. The summed E-state index contributed by atoms with van der Waals surface area (Å²) < 4.78 is 0. The molecule has 0 aromatic carbocycles.